The number of hydrogen-bond donors (Lipinski definition) is 1. The van der Waals surface area contributed by atoms with Gasteiger partial charge in [0.25, 0.3) is 5.91 Å². The number of nitrogens with zero attached hydrogens (tertiary/aromatic N) is 2. The number of rotatable bonds is 1. The Hall–Kier alpha value is -1.19. The first-order valence-electron chi connectivity index (χ1n) is 3.53. The Morgan fingerprint density at radius 2 is 2.27 bits per heavy atom. The number of hydrogen-bond acceptors (Lipinski definition) is 3. The average Bonchev–Trinajstić information content (AvgIpc) is 1.94. The van der Waals surface area contributed by atoms with Crippen LogP contribution >= 0.6 is 0 Å². The zero-order chi connectivity index (χ0) is 8.43. The van der Waals surface area contributed by atoms with Crippen LogP contribution in [0.4, 0.5) is 0 Å². The lowest BCUT2D eigenvalue weighted by Gasteiger charge is -2.17. The SMILES string of the molecule is CC1C=NN=C(C(N)=O)C1C. The van der Waals surface area contributed by atoms with E-state index in [0.29, 0.717) is 5.71 Å². The van der Waals surface area contributed by atoms with Crippen molar-refractivity contribution < 1.29 is 4.79 Å². The first-order chi connectivity index (χ1) is 5.13. The highest BCUT2D eigenvalue weighted by Crippen LogP contribution is 2.14. The zero-order valence-electron chi connectivity index (χ0n) is 6.61. The Bertz CT molecular complexity index is 232. The third kappa shape index (κ3) is 1.45. The molecule has 11 heavy (non-hydrogen) atoms. The summed E-state index contributed by atoms with van der Waals surface area (Å²) in [5.41, 5.74) is 5.45. The third-order valence-corrected chi connectivity index (χ3v) is 1.94. The summed E-state index contributed by atoms with van der Waals surface area (Å²) in [5.74, 6) is -0.138. The molecule has 2 N–H and O–H groups in total. The largest absolute Gasteiger partial charge is 0.364 e. The molecule has 0 fully saturated rings. The number of primary amides is 1. The summed E-state index contributed by atoms with van der Waals surface area (Å²) in [5, 5.41) is 7.35. The van der Waals surface area contributed by atoms with Crippen LogP contribution in [0.1, 0.15) is 13.8 Å². The van der Waals surface area contributed by atoms with Gasteiger partial charge in [0, 0.05) is 18.1 Å². The number of carbonyl (C=O) groups excluding carboxylic acids is 1. The molecule has 0 aromatic heterocycles. The molecule has 0 saturated heterocycles. The molecule has 0 bridgehead atoms. The minimum Gasteiger partial charge on any atom is -0.364 e. The average molecular weight is 153 g/mol. The van der Waals surface area contributed by atoms with Crippen LogP contribution in [-0.4, -0.2) is 17.8 Å². The van der Waals surface area contributed by atoms with Crippen molar-refractivity contribution in [2.75, 3.05) is 0 Å². The van der Waals surface area contributed by atoms with Gasteiger partial charge in [-0.1, -0.05) is 13.8 Å². The molecule has 1 aliphatic heterocycles. The van der Waals surface area contributed by atoms with E-state index in [1.807, 2.05) is 13.8 Å². The van der Waals surface area contributed by atoms with E-state index in [0.717, 1.165) is 0 Å². The van der Waals surface area contributed by atoms with Crippen LogP contribution < -0.4 is 5.73 Å². The molecule has 0 saturated carbocycles. The molecule has 1 rings (SSSR count). The van der Waals surface area contributed by atoms with Crippen LogP contribution in [0.5, 0.6) is 0 Å². The van der Waals surface area contributed by atoms with Crippen molar-refractivity contribution >= 4 is 17.8 Å². The maximum absolute atomic E-state index is 10.7. The van der Waals surface area contributed by atoms with Crippen molar-refractivity contribution in [3.05, 3.63) is 0 Å². The standard InChI is InChI=1S/C7H11N3O/c1-4-3-9-10-6(5(4)2)7(8)11/h3-5H,1-2H3,(H2,8,11). The van der Waals surface area contributed by atoms with Gasteiger partial charge < -0.3 is 5.73 Å². The predicted molar refractivity (Wildman–Crippen MR) is 43.4 cm³/mol. The van der Waals surface area contributed by atoms with Gasteiger partial charge in [0.2, 0.25) is 0 Å². The molecule has 1 heterocycles. The van der Waals surface area contributed by atoms with E-state index in [4.69, 9.17) is 5.73 Å². The van der Waals surface area contributed by atoms with Gasteiger partial charge in [-0.2, -0.15) is 5.10 Å². The lowest BCUT2D eigenvalue weighted by atomic mass is 9.91. The van der Waals surface area contributed by atoms with E-state index in [-0.39, 0.29) is 11.8 Å². The summed E-state index contributed by atoms with van der Waals surface area (Å²) in [7, 11) is 0. The number of nitrogens with two attached hydrogens (primary N) is 1. The normalized spacial score (nSPS) is 29.8. The fourth-order valence-electron chi connectivity index (χ4n) is 0.944. The van der Waals surface area contributed by atoms with Gasteiger partial charge in [-0.25, -0.2) is 0 Å². The molecule has 2 unspecified atom stereocenters. The molecule has 2 atom stereocenters. The van der Waals surface area contributed by atoms with E-state index in [9.17, 15) is 4.79 Å². The van der Waals surface area contributed by atoms with Gasteiger partial charge in [0.1, 0.15) is 5.71 Å². The summed E-state index contributed by atoms with van der Waals surface area (Å²) in [6, 6.07) is 0. The fraction of sp³-hybridized carbons (Fsp3) is 0.571. The van der Waals surface area contributed by atoms with Crippen molar-refractivity contribution in [2.24, 2.45) is 27.8 Å². The molecule has 60 valence electrons. The topological polar surface area (TPSA) is 67.8 Å². The van der Waals surface area contributed by atoms with Crippen molar-refractivity contribution in [1.29, 1.82) is 0 Å². The van der Waals surface area contributed by atoms with Gasteiger partial charge in [0.15, 0.2) is 0 Å². The minimum absolute atomic E-state index is 0.0880. The Morgan fingerprint density at radius 3 is 2.73 bits per heavy atom. The summed E-state index contributed by atoms with van der Waals surface area (Å²) in [4.78, 5) is 10.7. The molecule has 1 amide bonds. The lowest BCUT2D eigenvalue weighted by molar-refractivity contribution is -0.112. The Labute approximate surface area is 65.2 Å². The second-order valence-corrected chi connectivity index (χ2v) is 2.76. The molecule has 0 aliphatic carbocycles. The van der Waals surface area contributed by atoms with E-state index < -0.39 is 5.91 Å². The molecular weight excluding hydrogens is 142 g/mol. The van der Waals surface area contributed by atoms with Gasteiger partial charge in [0.05, 0.1) is 0 Å². The van der Waals surface area contributed by atoms with E-state index in [2.05, 4.69) is 10.2 Å². The van der Waals surface area contributed by atoms with Crippen LogP contribution in [0.2, 0.25) is 0 Å². The third-order valence-electron chi connectivity index (χ3n) is 1.94. The quantitative estimate of drug-likeness (QED) is 0.573. The van der Waals surface area contributed by atoms with E-state index in [1.165, 1.54) is 0 Å². The van der Waals surface area contributed by atoms with Gasteiger partial charge in [-0.05, 0) is 0 Å². The van der Waals surface area contributed by atoms with Crippen LogP contribution in [0.15, 0.2) is 10.2 Å². The monoisotopic (exact) mass is 153 g/mol. The smallest absolute Gasteiger partial charge is 0.265 e. The van der Waals surface area contributed by atoms with Crippen LogP contribution in [0, 0.1) is 11.8 Å². The summed E-state index contributed by atoms with van der Waals surface area (Å²) in [6.45, 7) is 3.89. The summed E-state index contributed by atoms with van der Waals surface area (Å²) in [6.07, 6.45) is 1.72. The second-order valence-electron chi connectivity index (χ2n) is 2.76. The molecule has 0 spiro atoms. The Balaban J connectivity index is 2.87. The molecule has 0 aromatic carbocycles. The van der Waals surface area contributed by atoms with Gasteiger partial charge >= 0.3 is 0 Å². The zero-order valence-corrected chi connectivity index (χ0v) is 6.61. The molecule has 1 aliphatic rings. The maximum atomic E-state index is 10.7. The van der Waals surface area contributed by atoms with Crippen molar-refractivity contribution in [1.82, 2.24) is 0 Å². The van der Waals surface area contributed by atoms with Gasteiger partial charge in [-0.15, -0.1) is 5.10 Å². The molecular formula is C7H11N3O. The Morgan fingerprint density at radius 1 is 1.64 bits per heavy atom. The molecule has 0 aromatic rings. The van der Waals surface area contributed by atoms with Crippen LogP contribution in [0.25, 0.3) is 0 Å². The first kappa shape index (κ1) is 7.91. The van der Waals surface area contributed by atoms with Crippen molar-refractivity contribution in [3.8, 4) is 0 Å². The van der Waals surface area contributed by atoms with Crippen LogP contribution in [-0.2, 0) is 4.79 Å². The number of carbonyl (C=O) groups is 1. The highest BCUT2D eigenvalue weighted by Gasteiger charge is 2.23. The predicted octanol–water partition coefficient (Wildman–Crippen LogP) is 0.184. The first-order valence-corrected chi connectivity index (χ1v) is 3.53. The van der Waals surface area contributed by atoms with E-state index >= 15 is 0 Å². The molecule has 4 nitrogen and oxygen atoms in total. The summed E-state index contributed by atoms with van der Waals surface area (Å²) < 4.78 is 0. The van der Waals surface area contributed by atoms with Crippen molar-refractivity contribution in [3.63, 3.8) is 0 Å². The highest BCUT2D eigenvalue weighted by molar-refractivity contribution is 6.39. The number of amides is 1. The lowest BCUT2D eigenvalue weighted by Crippen LogP contribution is -2.34. The summed E-state index contributed by atoms with van der Waals surface area (Å²) >= 11 is 0. The second kappa shape index (κ2) is 2.82. The van der Waals surface area contributed by atoms with Crippen molar-refractivity contribution in [2.45, 2.75) is 13.8 Å². The Kier molecular flexibility index (Phi) is 2.03. The van der Waals surface area contributed by atoms with Gasteiger partial charge in [-0.3, -0.25) is 4.79 Å². The maximum Gasteiger partial charge on any atom is 0.265 e. The molecule has 4 heteroatoms. The fourth-order valence-corrected chi connectivity index (χ4v) is 0.944. The highest BCUT2D eigenvalue weighted by atomic mass is 16.1. The molecule has 0 radical (unpaired) electrons. The van der Waals surface area contributed by atoms with Crippen LogP contribution in [0.3, 0.4) is 0 Å². The van der Waals surface area contributed by atoms with E-state index in [1.54, 1.807) is 6.21 Å². The minimum atomic E-state index is -0.471.